The third-order valence-electron chi connectivity index (χ3n) is 2.53. The predicted octanol–water partition coefficient (Wildman–Crippen LogP) is 2.93. The first-order valence-electron chi connectivity index (χ1n) is 4.53. The molecule has 0 aromatic heterocycles. The number of Topliss-reactive ketones (excluding diaryl/α,β-unsaturated/α-hetero) is 1. The van der Waals surface area contributed by atoms with Crippen molar-refractivity contribution in [3.8, 4) is 0 Å². The average Bonchev–Trinajstić information content (AvgIpc) is 2.46. The number of aryl methyl sites for hydroxylation is 1. The monoisotopic (exact) mass is 196 g/mol. The molecular weight excluding hydrogens is 186 g/mol. The highest BCUT2D eigenvalue weighted by Crippen LogP contribution is 2.31. The van der Waals surface area contributed by atoms with Crippen LogP contribution in [0.4, 0.5) is 8.78 Å². The summed E-state index contributed by atoms with van der Waals surface area (Å²) >= 11 is 0. The van der Waals surface area contributed by atoms with E-state index in [4.69, 9.17) is 0 Å². The molecular formula is C11H10F2O. The topological polar surface area (TPSA) is 17.1 Å². The molecule has 1 aromatic carbocycles. The highest BCUT2D eigenvalue weighted by atomic mass is 19.3. The van der Waals surface area contributed by atoms with Crippen molar-refractivity contribution in [3.63, 3.8) is 0 Å². The Labute approximate surface area is 80.7 Å². The zero-order valence-corrected chi connectivity index (χ0v) is 7.81. The third kappa shape index (κ3) is 1.43. The number of alkyl halides is 2. The summed E-state index contributed by atoms with van der Waals surface area (Å²) < 4.78 is 25.9. The number of carbonyl (C=O) groups excluding carboxylic acids is 1. The molecule has 0 fully saturated rings. The van der Waals surface area contributed by atoms with Gasteiger partial charge in [-0.3, -0.25) is 4.79 Å². The quantitative estimate of drug-likeness (QED) is 0.674. The van der Waals surface area contributed by atoms with Crippen molar-refractivity contribution in [3.05, 3.63) is 34.9 Å². The molecule has 0 saturated carbocycles. The number of hydrogen-bond donors (Lipinski definition) is 0. The lowest BCUT2D eigenvalue weighted by atomic mass is 10.0. The lowest BCUT2D eigenvalue weighted by Crippen LogP contribution is -2.07. The normalized spacial score (nSPS) is 15.8. The Hall–Kier alpha value is -1.25. The molecule has 1 nitrogen and oxygen atoms in total. The van der Waals surface area contributed by atoms with Crippen molar-refractivity contribution in [2.45, 2.75) is 25.7 Å². The second-order valence-electron chi connectivity index (χ2n) is 3.68. The summed E-state index contributed by atoms with van der Waals surface area (Å²) in [5.41, 5.74) is 1.36. The lowest BCUT2D eigenvalue weighted by molar-refractivity contribution is 0.0174. The first kappa shape index (κ1) is 9.31. The number of fused-ring (bicyclic) bond motifs is 1. The molecule has 0 heterocycles. The number of ketones is 1. The van der Waals surface area contributed by atoms with Gasteiger partial charge in [-0.15, -0.1) is 0 Å². The van der Waals surface area contributed by atoms with Crippen LogP contribution in [0.25, 0.3) is 0 Å². The van der Waals surface area contributed by atoms with E-state index in [0.717, 1.165) is 12.5 Å². The number of benzene rings is 1. The summed E-state index contributed by atoms with van der Waals surface area (Å²) in [6, 6.07) is 4.29. The van der Waals surface area contributed by atoms with Crippen LogP contribution < -0.4 is 0 Å². The molecule has 0 unspecified atom stereocenters. The van der Waals surface area contributed by atoms with Crippen LogP contribution in [-0.2, 0) is 12.3 Å². The molecule has 0 aliphatic heterocycles. The van der Waals surface area contributed by atoms with Crippen LogP contribution in [0.5, 0.6) is 0 Å². The van der Waals surface area contributed by atoms with E-state index in [9.17, 15) is 13.6 Å². The minimum Gasteiger partial charge on any atom is -0.294 e. The smallest absolute Gasteiger partial charge is 0.270 e. The molecule has 0 radical (unpaired) electrons. The molecule has 14 heavy (non-hydrogen) atoms. The van der Waals surface area contributed by atoms with Gasteiger partial charge in [-0.05, 0) is 18.1 Å². The fourth-order valence-electron chi connectivity index (χ4n) is 1.73. The second kappa shape index (κ2) is 2.87. The summed E-state index contributed by atoms with van der Waals surface area (Å²) in [5, 5.41) is 0. The van der Waals surface area contributed by atoms with Crippen LogP contribution in [0.3, 0.4) is 0 Å². The van der Waals surface area contributed by atoms with Crippen molar-refractivity contribution >= 4 is 5.78 Å². The Morgan fingerprint density at radius 3 is 2.64 bits per heavy atom. The van der Waals surface area contributed by atoms with E-state index in [2.05, 4.69) is 0 Å². The van der Waals surface area contributed by atoms with E-state index in [1.807, 2.05) is 0 Å². The number of hydrogen-bond acceptors (Lipinski definition) is 1. The van der Waals surface area contributed by atoms with Gasteiger partial charge in [0.05, 0.1) is 0 Å². The van der Waals surface area contributed by atoms with E-state index >= 15 is 0 Å². The molecule has 0 saturated heterocycles. The summed E-state index contributed by atoms with van der Waals surface area (Å²) in [7, 11) is 0. The van der Waals surface area contributed by atoms with Crippen molar-refractivity contribution in [2.24, 2.45) is 0 Å². The van der Waals surface area contributed by atoms with Crippen molar-refractivity contribution < 1.29 is 13.6 Å². The molecule has 1 aliphatic rings. The van der Waals surface area contributed by atoms with Crippen molar-refractivity contribution in [1.82, 2.24) is 0 Å². The van der Waals surface area contributed by atoms with E-state index in [1.165, 1.54) is 18.2 Å². The van der Waals surface area contributed by atoms with Gasteiger partial charge in [0.15, 0.2) is 5.78 Å². The molecule has 2 rings (SSSR count). The first-order chi connectivity index (χ1) is 6.48. The van der Waals surface area contributed by atoms with Gasteiger partial charge in [-0.1, -0.05) is 12.1 Å². The molecule has 0 bridgehead atoms. The molecule has 0 N–H and O–H groups in total. The Morgan fingerprint density at radius 1 is 1.29 bits per heavy atom. The minimum atomic E-state index is -2.82. The Balaban J connectivity index is 2.47. The highest BCUT2D eigenvalue weighted by Gasteiger charge is 2.27. The molecule has 0 amide bonds. The van der Waals surface area contributed by atoms with E-state index < -0.39 is 5.92 Å². The van der Waals surface area contributed by atoms with Crippen LogP contribution >= 0.6 is 0 Å². The molecule has 3 heteroatoms. The first-order valence-corrected chi connectivity index (χ1v) is 4.53. The van der Waals surface area contributed by atoms with Crippen LogP contribution in [-0.4, -0.2) is 5.78 Å². The fourth-order valence-corrected chi connectivity index (χ4v) is 1.73. The number of rotatable bonds is 1. The van der Waals surface area contributed by atoms with Crippen molar-refractivity contribution in [1.29, 1.82) is 0 Å². The number of halogens is 2. The van der Waals surface area contributed by atoms with Gasteiger partial charge < -0.3 is 0 Å². The SMILES string of the molecule is CC(F)(F)c1ccc2c(c1)CCC2=O. The van der Waals surface area contributed by atoms with Gasteiger partial charge >= 0.3 is 0 Å². The third-order valence-corrected chi connectivity index (χ3v) is 2.53. The molecule has 1 aromatic rings. The van der Waals surface area contributed by atoms with E-state index in [0.29, 0.717) is 18.4 Å². The molecule has 0 atom stereocenters. The van der Waals surface area contributed by atoms with Crippen LogP contribution in [0, 0.1) is 0 Å². The van der Waals surface area contributed by atoms with Gasteiger partial charge in [0, 0.05) is 24.5 Å². The minimum absolute atomic E-state index is 0.00838. The van der Waals surface area contributed by atoms with Gasteiger partial charge in [0.2, 0.25) is 0 Å². The standard InChI is InChI=1S/C11H10F2O/c1-11(12,13)8-3-4-9-7(6-8)2-5-10(9)14/h3-4,6H,2,5H2,1H3. The maximum atomic E-state index is 12.9. The summed E-state index contributed by atoms with van der Waals surface area (Å²) in [6.45, 7) is 0.867. The maximum Gasteiger partial charge on any atom is 0.270 e. The highest BCUT2D eigenvalue weighted by molar-refractivity contribution is 6.00. The second-order valence-corrected chi connectivity index (χ2v) is 3.68. The van der Waals surface area contributed by atoms with Gasteiger partial charge in [-0.25, -0.2) is 8.78 Å². The van der Waals surface area contributed by atoms with Gasteiger partial charge in [-0.2, -0.15) is 0 Å². The lowest BCUT2D eigenvalue weighted by Gasteiger charge is -2.11. The summed E-state index contributed by atoms with van der Waals surface area (Å²) in [6.07, 6.45) is 1.05. The Bertz CT molecular complexity index is 391. The zero-order chi connectivity index (χ0) is 10.3. The number of carbonyl (C=O) groups is 1. The summed E-state index contributed by atoms with van der Waals surface area (Å²) in [5.74, 6) is -2.76. The largest absolute Gasteiger partial charge is 0.294 e. The average molecular weight is 196 g/mol. The predicted molar refractivity (Wildman–Crippen MR) is 48.7 cm³/mol. The van der Waals surface area contributed by atoms with Crippen LogP contribution in [0.2, 0.25) is 0 Å². The fraction of sp³-hybridized carbons (Fsp3) is 0.364. The molecule has 0 spiro atoms. The van der Waals surface area contributed by atoms with E-state index in [-0.39, 0.29) is 11.3 Å². The van der Waals surface area contributed by atoms with Gasteiger partial charge in [0.1, 0.15) is 0 Å². The molecule has 1 aliphatic carbocycles. The van der Waals surface area contributed by atoms with Crippen LogP contribution in [0.1, 0.15) is 34.8 Å². The Morgan fingerprint density at radius 2 is 2.00 bits per heavy atom. The maximum absolute atomic E-state index is 12.9. The van der Waals surface area contributed by atoms with Gasteiger partial charge in [0.25, 0.3) is 5.92 Å². The van der Waals surface area contributed by atoms with Crippen LogP contribution in [0.15, 0.2) is 18.2 Å². The zero-order valence-electron chi connectivity index (χ0n) is 7.81. The van der Waals surface area contributed by atoms with E-state index in [1.54, 1.807) is 0 Å². The van der Waals surface area contributed by atoms with Crippen molar-refractivity contribution in [2.75, 3.05) is 0 Å². The Kier molecular flexibility index (Phi) is 1.91. The summed E-state index contributed by atoms with van der Waals surface area (Å²) in [4.78, 5) is 11.2. The molecule has 74 valence electrons.